The molecule has 0 fully saturated rings. The Kier molecular flexibility index (Phi) is 7.03. The van der Waals surface area contributed by atoms with E-state index in [4.69, 9.17) is 19.4 Å². The molecular formula is C51H30N4OS. The minimum Gasteiger partial charge on any atom is -0.455 e. The summed E-state index contributed by atoms with van der Waals surface area (Å²) in [4.78, 5) is 15.0. The fourth-order valence-electron chi connectivity index (χ4n) is 8.43. The van der Waals surface area contributed by atoms with Crippen molar-refractivity contribution >= 4 is 75.3 Å². The summed E-state index contributed by atoms with van der Waals surface area (Å²) in [5.41, 5.74) is 10.0. The van der Waals surface area contributed by atoms with Gasteiger partial charge in [-0.2, -0.15) is 0 Å². The van der Waals surface area contributed by atoms with Gasteiger partial charge in [-0.3, -0.25) is 0 Å². The molecule has 12 rings (SSSR count). The molecule has 266 valence electrons. The van der Waals surface area contributed by atoms with Crippen molar-refractivity contribution in [3.63, 3.8) is 0 Å². The van der Waals surface area contributed by atoms with Crippen molar-refractivity contribution in [1.29, 1.82) is 0 Å². The van der Waals surface area contributed by atoms with Crippen molar-refractivity contribution in [1.82, 2.24) is 19.5 Å². The Labute approximate surface area is 330 Å². The quantitative estimate of drug-likeness (QED) is 0.176. The average molecular weight is 747 g/mol. The van der Waals surface area contributed by atoms with Crippen LogP contribution in [0.4, 0.5) is 0 Å². The second-order valence-electron chi connectivity index (χ2n) is 14.4. The molecule has 0 unspecified atom stereocenters. The van der Waals surface area contributed by atoms with Gasteiger partial charge in [-0.1, -0.05) is 146 Å². The first-order valence-corrected chi connectivity index (χ1v) is 19.8. The zero-order chi connectivity index (χ0) is 37.5. The molecule has 0 radical (unpaired) electrons. The van der Waals surface area contributed by atoms with E-state index < -0.39 is 0 Å². The Bertz CT molecular complexity index is 3420. The van der Waals surface area contributed by atoms with Crippen LogP contribution in [0.5, 0.6) is 0 Å². The second kappa shape index (κ2) is 12.6. The summed E-state index contributed by atoms with van der Waals surface area (Å²) in [5, 5.41) is 7.13. The highest BCUT2D eigenvalue weighted by Crippen LogP contribution is 2.43. The summed E-state index contributed by atoms with van der Waals surface area (Å²) in [7, 11) is 0. The Balaban J connectivity index is 0.991. The van der Waals surface area contributed by atoms with Gasteiger partial charge in [0.15, 0.2) is 17.5 Å². The summed E-state index contributed by atoms with van der Waals surface area (Å²) in [6.45, 7) is 0. The number of rotatable bonds is 5. The molecule has 5 nitrogen and oxygen atoms in total. The van der Waals surface area contributed by atoms with E-state index in [1.165, 1.54) is 47.7 Å². The van der Waals surface area contributed by atoms with E-state index in [-0.39, 0.29) is 0 Å². The maximum absolute atomic E-state index is 6.91. The van der Waals surface area contributed by atoms with Crippen LogP contribution in [0.1, 0.15) is 0 Å². The molecule has 0 N–H and O–H groups in total. The van der Waals surface area contributed by atoms with Crippen molar-refractivity contribution in [3.8, 4) is 51.0 Å². The Morgan fingerprint density at radius 2 is 0.877 bits per heavy atom. The zero-order valence-electron chi connectivity index (χ0n) is 30.4. The molecule has 8 aromatic carbocycles. The van der Waals surface area contributed by atoms with Gasteiger partial charge in [0.2, 0.25) is 0 Å². The van der Waals surface area contributed by atoms with Crippen LogP contribution in [0.2, 0.25) is 0 Å². The third-order valence-corrected chi connectivity index (χ3v) is 12.2. The molecule has 4 heterocycles. The highest BCUT2D eigenvalue weighted by atomic mass is 32.1. The van der Waals surface area contributed by atoms with Crippen molar-refractivity contribution in [2.24, 2.45) is 0 Å². The van der Waals surface area contributed by atoms with E-state index in [2.05, 4.69) is 120 Å². The Morgan fingerprint density at radius 1 is 0.368 bits per heavy atom. The minimum atomic E-state index is 0.570. The molecule has 0 aliphatic carbocycles. The van der Waals surface area contributed by atoms with Gasteiger partial charge >= 0.3 is 0 Å². The van der Waals surface area contributed by atoms with Gasteiger partial charge in [-0.25, -0.2) is 15.0 Å². The molecule has 4 aromatic heterocycles. The van der Waals surface area contributed by atoms with Crippen molar-refractivity contribution < 1.29 is 4.42 Å². The lowest BCUT2D eigenvalue weighted by Crippen LogP contribution is -2.00. The van der Waals surface area contributed by atoms with Crippen LogP contribution in [0.3, 0.4) is 0 Å². The fourth-order valence-corrected chi connectivity index (χ4v) is 9.60. The molecule has 0 atom stereocenters. The van der Waals surface area contributed by atoms with Gasteiger partial charge in [0.25, 0.3) is 0 Å². The number of fused-ring (bicyclic) bond motifs is 9. The summed E-state index contributed by atoms with van der Waals surface area (Å²) in [6, 6.07) is 63.8. The normalized spacial score (nSPS) is 11.9. The van der Waals surface area contributed by atoms with Crippen LogP contribution in [-0.4, -0.2) is 19.5 Å². The molecule has 0 bridgehead atoms. The van der Waals surface area contributed by atoms with Gasteiger partial charge in [0.05, 0.1) is 16.6 Å². The monoisotopic (exact) mass is 746 g/mol. The Hall–Kier alpha value is -7.41. The first-order valence-electron chi connectivity index (χ1n) is 19.0. The van der Waals surface area contributed by atoms with Crippen LogP contribution in [0, 0.1) is 0 Å². The number of benzene rings is 8. The third kappa shape index (κ3) is 5.04. The van der Waals surface area contributed by atoms with Crippen LogP contribution in [0.15, 0.2) is 186 Å². The number of thiophene rings is 1. The van der Waals surface area contributed by atoms with Crippen molar-refractivity contribution in [3.05, 3.63) is 182 Å². The van der Waals surface area contributed by atoms with Gasteiger partial charge in [-0.15, -0.1) is 11.3 Å². The first-order chi connectivity index (χ1) is 28.2. The van der Waals surface area contributed by atoms with Crippen molar-refractivity contribution in [2.75, 3.05) is 0 Å². The zero-order valence-corrected chi connectivity index (χ0v) is 31.2. The van der Waals surface area contributed by atoms with E-state index in [1.807, 2.05) is 78.1 Å². The molecule has 0 aliphatic heterocycles. The van der Waals surface area contributed by atoms with Crippen LogP contribution < -0.4 is 0 Å². The predicted molar refractivity (Wildman–Crippen MR) is 236 cm³/mol. The summed E-state index contributed by atoms with van der Waals surface area (Å²) < 4.78 is 11.8. The molecule has 12 aromatic rings. The lowest BCUT2D eigenvalue weighted by Gasteiger charge is -2.08. The number of hydrogen-bond acceptors (Lipinski definition) is 5. The highest BCUT2D eigenvalue weighted by Gasteiger charge is 2.20. The minimum absolute atomic E-state index is 0.570. The maximum Gasteiger partial charge on any atom is 0.167 e. The molecule has 0 amide bonds. The molecule has 0 saturated carbocycles. The largest absolute Gasteiger partial charge is 0.455 e. The van der Waals surface area contributed by atoms with E-state index >= 15 is 0 Å². The standard InChI is InChI=1S/C51H30N4OS/c1-3-13-31(14-4-1)49-52-50(32-15-5-2-6-16-32)54-51(53-49)42-22-12-21-41-40-20-11-19-35(47(40)56-48(41)42)33-25-27-38-39-28-26-34(30-46(39)57-45(38)29-33)55-43-23-9-7-17-36(43)37-18-8-10-24-44(37)55/h1-30H. The van der Waals surface area contributed by atoms with E-state index in [0.29, 0.717) is 17.5 Å². The van der Waals surface area contributed by atoms with Crippen LogP contribution in [-0.2, 0) is 0 Å². The van der Waals surface area contributed by atoms with E-state index in [0.717, 1.165) is 49.8 Å². The third-order valence-electron chi connectivity index (χ3n) is 11.1. The lowest BCUT2D eigenvalue weighted by atomic mass is 10.0. The van der Waals surface area contributed by atoms with Crippen molar-refractivity contribution in [2.45, 2.75) is 0 Å². The van der Waals surface area contributed by atoms with Crippen LogP contribution >= 0.6 is 11.3 Å². The Morgan fingerprint density at radius 3 is 1.53 bits per heavy atom. The number of nitrogens with zero attached hydrogens (tertiary/aromatic N) is 4. The SMILES string of the molecule is c1ccc(-c2nc(-c3ccccc3)nc(-c3cccc4c3oc3c(-c5ccc6c(c5)sc5cc(-n7c8ccccc8c8ccccc87)ccc56)cccc34)n2)cc1. The van der Waals surface area contributed by atoms with Gasteiger partial charge in [0.1, 0.15) is 11.2 Å². The smallest absolute Gasteiger partial charge is 0.167 e. The van der Waals surface area contributed by atoms with Gasteiger partial charge in [-0.05, 0) is 42.0 Å². The molecule has 0 aliphatic rings. The number of aromatic nitrogens is 4. The second-order valence-corrected chi connectivity index (χ2v) is 15.5. The summed E-state index contributed by atoms with van der Waals surface area (Å²) >= 11 is 1.84. The van der Waals surface area contributed by atoms with Crippen LogP contribution in [0.25, 0.3) is 115 Å². The number of hydrogen-bond donors (Lipinski definition) is 0. The average Bonchev–Trinajstić information content (AvgIpc) is 3.96. The maximum atomic E-state index is 6.91. The highest BCUT2D eigenvalue weighted by molar-refractivity contribution is 7.25. The molecular weight excluding hydrogens is 717 g/mol. The fraction of sp³-hybridized carbons (Fsp3) is 0. The van der Waals surface area contributed by atoms with Gasteiger partial charge < -0.3 is 8.98 Å². The molecule has 6 heteroatoms. The van der Waals surface area contributed by atoms with E-state index in [9.17, 15) is 0 Å². The predicted octanol–water partition coefficient (Wildman–Crippen LogP) is 13.9. The number of para-hydroxylation sites is 4. The summed E-state index contributed by atoms with van der Waals surface area (Å²) in [6.07, 6.45) is 0. The molecule has 57 heavy (non-hydrogen) atoms. The van der Waals surface area contributed by atoms with E-state index in [1.54, 1.807) is 0 Å². The first kappa shape index (κ1) is 31.9. The van der Waals surface area contributed by atoms with Gasteiger partial charge in [0, 0.05) is 64.1 Å². The summed E-state index contributed by atoms with van der Waals surface area (Å²) in [5.74, 6) is 1.81. The molecule has 0 saturated heterocycles. The topological polar surface area (TPSA) is 56.7 Å². The molecule has 0 spiro atoms. The number of furan rings is 1. The lowest BCUT2D eigenvalue weighted by molar-refractivity contribution is 0.670.